The highest BCUT2D eigenvalue weighted by Gasteiger charge is 2.22. The number of fused-ring (bicyclic) bond motifs is 9. The van der Waals surface area contributed by atoms with Crippen molar-refractivity contribution in [3.63, 3.8) is 0 Å². The normalized spacial score (nSPS) is 11.8. The second kappa shape index (κ2) is 11.9. The first-order chi connectivity index (χ1) is 26.3. The SMILES string of the molecule is c1ccc(-c2ccc(N(c3ccc(-c4ccc5c(ccc6ccccc65)c4)cc3)c3ccc4oc5ccccc5c4c3)c3c2sc2ccccc23)cc1. The summed E-state index contributed by atoms with van der Waals surface area (Å²) < 4.78 is 8.85. The molecule has 3 heteroatoms. The predicted octanol–water partition coefficient (Wildman–Crippen LogP) is 15.1. The molecule has 2 heterocycles. The molecule has 0 aliphatic rings. The Morgan fingerprint density at radius 2 is 1.08 bits per heavy atom. The maximum absolute atomic E-state index is 6.28. The van der Waals surface area contributed by atoms with Gasteiger partial charge in [-0.05, 0) is 98.4 Å². The number of thiophene rings is 1. The number of nitrogens with zero attached hydrogens (tertiary/aromatic N) is 1. The van der Waals surface area contributed by atoms with Gasteiger partial charge in [-0.25, -0.2) is 0 Å². The van der Waals surface area contributed by atoms with Crippen molar-refractivity contribution in [1.82, 2.24) is 0 Å². The Morgan fingerprint density at radius 3 is 1.96 bits per heavy atom. The van der Waals surface area contributed by atoms with E-state index in [-0.39, 0.29) is 0 Å². The van der Waals surface area contributed by atoms with Gasteiger partial charge in [0.15, 0.2) is 0 Å². The van der Waals surface area contributed by atoms with Gasteiger partial charge in [0.05, 0.1) is 5.69 Å². The first-order valence-electron chi connectivity index (χ1n) is 18.0. The van der Waals surface area contributed by atoms with Crippen molar-refractivity contribution in [2.75, 3.05) is 4.90 Å². The van der Waals surface area contributed by atoms with Crippen molar-refractivity contribution in [1.29, 1.82) is 0 Å². The van der Waals surface area contributed by atoms with Gasteiger partial charge in [0.25, 0.3) is 0 Å². The second-order valence-electron chi connectivity index (χ2n) is 13.7. The number of furan rings is 1. The molecular formula is C50H31NOS. The third kappa shape index (κ3) is 4.86. The molecule has 11 aromatic rings. The monoisotopic (exact) mass is 693 g/mol. The summed E-state index contributed by atoms with van der Waals surface area (Å²) in [6.45, 7) is 0. The molecule has 0 atom stereocenters. The van der Waals surface area contributed by atoms with Crippen LogP contribution >= 0.6 is 11.3 Å². The summed E-state index contributed by atoms with van der Waals surface area (Å²) >= 11 is 1.87. The topological polar surface area (TPSA) is 16.4 Å². The van der Waals surface area contributed by atoms with E-state index in [0.717, 1.165) is 39.0 Å². The van der Waals surface area contributed by atoms with Crippen molar-refractivity contribution in [3.8, 4) is 22.3 Å². The van der Waals surface area contributed by atoms with Crippen LogP contribution in [0.4, 0.5) is 17.1 Å². The van der Waals surface area contributed by atoms with Crippen LogP contribution in [0, 0.1) is 0 Å². The molecule has 0 aliphatic carbocycles. The van der Waals surface area contributed by atoms with Crippen LogP contribution in [0.15, 0.2) is 192 Å². The molecular weight excluding hydrogens is 663 g/mol. The lowest BCUT2D eigenvalue weighted by molar-refractivity contribution is 0.669. The summed E-state index contributed by atoms with van der Waals surface area (Å²) in [7, 11) is 0. The first kappa shape index (κ1) is 30.0. The van der Waals surface area contributed by atoms with E-state index >= 15 is 0 Å². The van der Waals surface area contributed by atoms with E-state index in [2.05, 4.69) is 181 Å². The Hall–Kier alpha value is -6.68. The highest BCUT2D eigenvalue weighted by Crippen LogP contribution is 2.49. The summed E-state index contributed by atoms with van der Waals surface area (Å²) in [5.41, 5.74) is 9.98. The molecule has 0 saturated heterocycles. The fourth-order valence-corrected chi connectivity index (χ4v) is 9.38. The van der Waals surface area contributed by atoms with Gasteiger partial charge in [-0.1, -0.05) is 133 Å². The zero-order chi connectivity index (χ0) is 34.9. The molecule has 0 fully saturated rings. The molecule has 0 aliphatic heterocycles. The molecule has 0 radical (unpaired) electrons. The Kier molecular flexibility index (Phi) is 6.76. The van der Waals surface area contributed by atoms with Crippen LogP contribution in [0.2, 0.25) is 0 Å². The van der Waals surface area contributed by atoms with Crippen LogP contribution in [0.25, 0.3) is 85.9 Å². The maximum Gasteiger partial charge on any atom is 0.135 e. The van der Waals surface area contributed by atoms with E-state index in [9.17, 15) is 0 Å². The van der Waals surface area contributed by atoms with Gasteiger partial charge >= 0.3 is 0 Å². The fraction of sp³-hybridized carbons (Fsp3) is 0. The molecule has 9 aromatic carbocycles. The molecule has 0 spiro atoms. The van der Waals surface area contributed by atoms with E-state index in [0.29, 0.717) is 0 Å². The maximum atomic E-state index is 6.28. The standard InChI is InChI=1S/C50H31NOS/c1-2-10-33(11-3-1)41-27-28-45(49-43-15-7-9-17-48(43)53-50(41)49)51(38-25-29-47-44(31-38)42-14-6-8-16-46(42)52-47)37-23-20-32(21-24-37)35-22-26-40-36(30-35)19-18-34-12-4-5-13-39(34)40/h1-31H. The number of hydrogen-bond acceptors (Lipinski definition) is 3. The zero-order valence-electron chi connectivity index (χ0n) is 28.7. The van der Waals surface area contributed by atoms with Crippen LogP contribution in [0.3, 0.4) is 0 Å². The van der Waals surface area contributed by atoms with Gasteiger partial charge in [0.2, 0.25) is 0 Å². The second-order valence-corrected chi connectivity index (χ2v) is 14.7. The molecule has 11 rings (SSSR count). The minimum atomic E-state index is 0.889. The molecule has 0 N–H and O–H groups in total. The summed E-state index contributed by atoms with van der Waals surface area (Å²) in [4.78, 5) is 2.42. The van der Waals surface area contributed by atoms with E-state index in [4.69, 9.17) is 4.42 Å². The lowest BCUT2D eigenvalue weighted by atomic mass is 9.97. The average molecular weight is 694 g/mol. The van der Waals surface area contributed by atoms with Gasteiger partial charge in [0.1, 0.15) is 11.2 Å². The van der Waals surface area contributed by atoms with Gasteiger partial charge < -0.3 is 9.32 Å². The quantitative estimate of drug-likeness (QED) is 0.167. The molecule has 0 bridgehead atoms. The number of anilines is 3. The number of hydrogen-bond donors (Lipinski definition) is 0. The fourth-order valence-electron chi connectivity index (χ4n) is 8.12. The zero-order valence-corrected chi connectivity index (χ0v) is 29.5. The van der Waals surface area contributed by atoms with Gasteiger partial charge in [0, 0.05) is 42.3 Å². The Balaban J connectivity index is 1.12. The molecule has 2 nitrogen and oxygen atoms in total. The molecule has 0 amide bonds. The van der Waals surface area contributed by atoms with E-state index in [1.54, 1.807) is 0 Å². The molecule has 2 aromatic heterocycles. The Labute approximate surface area is 310 Å². The van der Waals surface area contributed by atoms with Crippen LogP contribution in [-0.2, 0) is 0 Å². The molecule has 53 heavy (non-hydrogen) atoms. The van der Waals surface area contributed by atoms with Crippen molar-refractivity contribution in [2.24, 2.45) is 0 Å². The third-order valence-corrected chi connectivity index (χ3v) is 11.9. The molecule has 0 saturated carbocycles. The highest BCUT2D eigenvalue weighted by molar-refractivity contribution is 7.26. The molecule has 0 unspecified atom stereocenters. The van der Waals surface area contributed by atoms with E-state index < -0.39 is 0 Å². The van der Waals surface area contributed by atoms with Crippen LogP contribution in [0.1, 0.15) is 0 Å². The van der Waals surface area contributed by atoms with Crippen LogP contribution in [-0.4, -0.2) is 0 Å². The summed E-state index contributed by atoms with van der Waals surface area (Å²) in [5.74, 6) is 0. The van der Waals surface area contributed by atoms with Crippen molar-refractivity contribution >= 4 is 92.1 Å². The van der Waals surface area contributed by atoms with Crippen LogP contribution < -0.4 is 4.90 Å². The van der Waals surface area contributed by atoms with Crippen molar-refractivity contribution in [3.05, 3.63) is 188 Å². The van der Waals surface area contributed by atoms with Crippen LogP contribution in [0.5, 0.6) is 0 Å². The summed E-state index contributed by atoms with van der Waals surface area (Å²) in [6, 6.07) is 68.0. The third-order valence-electron chi connectivity index (χ3n) is 10.7. The summed E-state index contributed by atoms with van der Waals surface area (Å²) in [6.07, 6.45) is 0. The average Bonchev–Trinajstić information content (AvgIpc) is 3.80. The van der Waals surface area contributed by atoms with Gasteiger partial charge in [-0.15, -0.1) is 11.3 Å². The first-order valence-corrected chi connectivity index (χ1v) is 18.8. The largest absolute Gasteiger partial charge is 0.456 e. The van der Waals surface area contributed by atoms with Crippen molar-refractivity contribution in [2.45, 2.75) is 0 Å². The van der Waals surface area contributed by atoms with Gasteiger partial charge in [-0.2, -0.15) is 0 Å². The smallest absolute Gasteiger partial charge is 0.135 e. The predicted molar refractivity (Wildman–Crippen MR) is 227 cm³/mol. The van der Waals surface area contributed by atoms with E-state index in [1.807, 2.05) is 23.5 Å². The van der Waals surface area contributed by atoms with E-state index in [1.165, 1.54) is 64.0 Å². The minimum Gasteiger partial charge on any atom is -0.456 e. The lowest BCUT2D eigenvalue weighted by Crippen LogP contribution is -2.10. The number of rotatable bonds is 5. The summed E-state index contributed by atoms with van der Waals surface area (Å²) in [5, 5.41) is 9.83. The Morgan fingerprint density at radius 1 is 0.396 bits per heavy atom. The minimum absolute atomic E-state index is 0.889. The van der Waals surface area contributed by atoms with Gasteiger partial charge in [-0.3, -0.25) is 0 Å². The lowest BCUT2D eigenvalue weighted by Gasteiger charge is -2.27. The number of benzene rings is 9. The number of para-hydroxylation sites is 1. The van der Waals surface area contributed by atoms with Crippen molar-refractivity contribution < 1.29 is 4.42 Å². The highest BCUT2D eigenvalue weighted by atomic mass is 32.1. The Bertz CT molecular complexity index is 3170. The molecule has 248 valence electrons.